The zero-order valence-electron chi connectivity index (χ0n) is 12.7. The van der Waals surface area contributed by atoms with Gasteiger partial charge >= 0.3 is 6.09 Å². The van der Waals surface area contributed by atoms with E-state index in [1.165, 1.54) is 18.4 Å². The van der Waals surface area contributed by atoms with Crippen molar-refractivity contribution in [1.82, 2.24) is 9.88 Å². The minimum Gasteiger partial charge on any atom is -0.453 e. The van der Waals surface area contributed by atoms with Crippen LogP contribution in [0.5, 0.6) is 0 Å². The number of rotatable bonds is 3. The second kappa shape index (κ2) is 6.78. The normalized spacial score (nSPS) is 13.3. The number of benzene rings is 1. The Morgan fingerprint density at radius 3 is 2.87 bits per heavy atom. The van der Waals surface area contributed by atoms with E-state index in [-0.39, 0.29) is 12.0 Å². The fourth-order valence-electron chi connectivity index (χ4n) is 2.48. The summed E-state index contributed by atoms with van der Waals surface area (Å²) in [6.07, 6.45) is 0.660. The third-order valence-electron chi connectivity index (χ3n) is 3.62. The van der Waals surface area contributed by atoms with Crippen LogP contribution in [-0.4, -0.2) is 35.5 Å². The average Bonchev–Trinajstić information content (AvgIpc) is 2.95. The molecular formula is C16H17N3O3S. The molecular weight excluding hydrogens is 314 g/mol. The van der Waals surface area contributed by atoms with Crippen LogP contribution in [0, 0.1) is 0 Å². The molecule has 0 fully saturated rings. The maximum absolute atomic E-state index is 12.1. The molecule has 120 valence electrons. The van der Waals surface area contributed by atoms with E-state index < -0.39 is 0 Å². The quantitative estimate of drug-likeness (QED) is 0.938. The lowest BCUT2D eigenvalue weighted by atomic mass is 10.1. The van der Waals surface area contributed by atoms with Crippen molar-refractivity contribution in [2.24, 2.45) is 0 Å². The number of nitrogens with one attached hydrogen (secondary N) is 1. The summed E-state index contributed by atoms with van der Waals surface area (Å²) in [4.78, 5) is 30.8. The molecule has 0 saturated heterocycles. The molecule has 1 aliphatic heterocycles. The maximum atomic E-state index is 12.1. The number of nitrogens with zero attached hydrogens (tertiary/aromatic N) is 2. The Morgan fingerprint density at radius 1 is 1.35 bits per heavy atom. The lowest BCUT2D eigenvalue weighted by Crippen LogP contribution is -2.35. The van der Waals surface area contributed by atoms with Crippen LogP contribution in [-0.2, 0) is 28.9 Å². The van der Waals surface area contributed by atoms with Crippen LogP contribution in [0.15, 0.2) is 30.3 Å². The van der Waals surface area contributed by atoms with Crippen molar-refractivity contribution >= 4 is 28.5 Å². The maximum Gasteiger partial charge on any atom is 0.409 e. The van der Waals surface area contributed by atoms with E-state index in [1.807, 2.05) is 30.3 Å². The van der Waals surface area contributed by atoms with Gasteiger partial charge in [-0.1, -0.05) is 41.7 Å². The van der Waals surface area contributed by atoms with Crippen molar-refractivity contribution in [2.45, 2.75) is 19.4 Å². The van der Waals surface area contributed by atoms with E-state index >= 15 is 0 Å². The molecule has 2 aromatic rings. The molecule has 1 aromatic heterocycles. The molecule has 2 heterocycles. The van der Waals surface area contributed by atoms with Crippen molar-refractivity contribution in [2.75, 3.05) is 19.0 Å². The molecule has 0 unspecified atom stereocenters. The first-order valence-electron chi connectivity index (χ1n) is 7.31. The van der Waals surface area contributed by atoms with Gasteiger partial charge in [-0.15, -0.1) is 0 Å². The number of hydrogen-bond donors (Lipinski definition) is 1. The molecule has 0 aliphatic carbocycles. The molecule has 0 saturated carbocycles. The van der Waals surface area contributed by atoms with Gasteiger partial charge in [0, 0.05) is 17.8 Å². The van der Waals surface area contributed by atoms with Crippen molar-refractivity contribution in [3.63, 3.8) is 0 Å². The number of anilines is 1. The number of ether oxygens (including phenoxy) is 1. The van der Waals surface area contributed by atoms with Gasteiger partial charge in [0.05, 0.1) is 25.8 Å². The molecule has 1 N–H and O–H groups in total. The molecule has 3 rings (SSSR count). The SMILES string of the molecule is COC(=O)N1CCc2nc(NC(=O)Cc3ccccc3)sc2C1. The van der Waals surface area contributed by atoms with E-state index in [9.17, 15) is 9.59 Å². The summed E-state index contributed by atoms with van der Waals surface area (Å²) in [5, 5.41) is 3.43. The van der Waals surface area contributed by atoms with Gasteiger partial charge in [0.2, 0.25) is 5.91 Å². The van der Waals surface area contributed by atoms with Gasteiger partial charge in [-0.3, -0.25) is 4.79 Å². The van der Waals surface area contributed by atoms with E-state index in [0.717, 1.165) is 16.1 Å². The number of thiazole rings is 1. The van der Waals surface area contributed by atoms with Crippen molar-refractivity contribution in [3.05, 3.63) is 46.5 Å². The first kappa shape index (κ1) is 15.5. The summed E-state index contributed by atoms with van der Waals surface area (Å²) in [5.74, 6) is -0.0906. The zero-order chi connectivity index (χ0) is 16.2. The van der Waals surface area contributed by atoms with Crippen LogP contribution < -0.4 is 5.32 Å². The molecule has 0 bridgehead atoms. The van der Waals surface area contributed by atoms with Gasteiger partial charge in [-0.2, -0.15) is 0 Å². The van der Waals surface area contributed by atoms with Crippen LogP contribution >= 0.6 is 11.3 Å². The fourth-order valence-corrected chi connectivity index (χ4v) is 3.52. The second-order valence-corrected chi connectivity index (χ2v) is 6.32. The van der Waals surface area contributed by atoms with Gasteiger partial charge in [-0.25, -0.2) is 9.78 Å². The molecule has 1 aliphatic rings. The summed E-state index contributed by atoms with van der Waals surface area (Å²) >= 11 is 1.41. The van der Waals surface area contributed by atoms with E-state index in [0.29, 0.717) is 31.1 Å². The zero-order valence-corrected chi connectivity index (χ0v) is 13.6. The second-order valence-electron chi connectivity index (χ2n) is 5.24. The monoisotopic (exact) mass is 331 g/mol. The van der Waals surface area contributed by atoms with Crippen molar-refractivity contribution in [1.29, 1.82) is 0 Å². The highest BCUT2D eigenvalue weighted by molar-refractivity contribution is 7.15. The average molecular weight is 331 g/mol. The number of hydrogen-bond acceptors (Lipinski definition) is 5. The number of carbonyl (C=O) groups is 2. The Balaban J connectivity index is 1.63. The number of amides is 2. The highest BCUT2D eigenvalue weighted by atomic mass is 32.1. The molecule has 23 heavy (non-hydrogen) atoms. The van der Waals surface area contributed by atoms with E-state index in [2.05, 4.69) is 10.3 Å². The van der Waals surface area contributed by atoms with Gasteiger partial charge < -0.3 is 15.0 Å². The minimum atomic E-state index is -0.335. The van der Waals surface area contributed by atoms with Gasteiger partial charge in [-0.05, 0) is 5.56 Å². The Hall–Kier alpha value is -2.41. The number of fused-ring (bicyclic) bond motifs is 1. The van der Waals surface area contributed by atoms with E-state index in [1.54, 1.807) is 4.90 Å². The molecule has 0 spiro atoms. The smallest absolute Gasteiger partial charge is 0.409 e. The van der Waals surface area contributed by atoms with Crippen LogP contribution in [0.4, 0.5) is 9.93 Å². The van der Waals surface area contributed by atoms with Crippen molar-refractivity contribution in [3.8, 4) is 0 Å². The van der Waals surface area contributed by atoms with Gasteiger partial charge in [0.1, 0.15) is 0 Å². The summed E-state index contributed by atoms with van der Waals surface area (Å²) in [7, 11) is 1.37. The first-order valence-corrected chi connectivity index (χ1v) is 8.12. The lowest BCUT2D eigenvalue weighted by Gasteiger charge is -2.24. The van der Waals surface area contributed by atoms with Crippen LogP contribution in [0.25, 0.3) is 0 Å². The lowest BCUT2D eigenvalue weighted by molar-refractivity contribution is -0.115. The van der Waals surface area contributed by atoms with Crippen LogP contribution in [0.1, 0.15) is 16.1 Å². The molecule has 0 atom stereocenters. The standard InChI is InChI=1S/C16H17N3O3S/c1-22-16(21)19-8-7-12-13(10-19)23-15(17-12)18-14(20)9-11-5-3-2-4-6-11/h2-6H,7-10H2,1H3,(H,17,18,20). The van der Waals surface area contributed by atoms with Gasteiger partial charge in [0.15, 0.2) is 5.13 Å². The molecule has 0 radical (unpaired) electrons. The highest BCUT2D eigenvalue weighted by Crippen LogP contribution is 2.28. The topological polar surface area (TPSA) is 71.5 Å². The Morgan fingerprint density at radius 2 is 2.13 bits per heavy atom. The summed E-state index contributed by atoms with van der Waals surface area (Å²) in [6, 6.07) is 9.57. The summed E-state index contributed by atoms with van der Waals surface area (Å²) < 4.78 is 4.74. The minimum absolute atomic E-state index is 0.0906. The summed E-state index contributed by atoms with van der Waals surface area (Å²) in [6.45, 7) is 1.06. The van der Waals surface area contributed by atoms with Crippen molar-refractivity contribution < 1.29 is 14.3 Å². The predicted octanol–water partition coefficient (Wildman–Crippen LogP) is 2.45. The van der Waals surface area contributed by atoms with E-state index in [4.69, 9.17) is 4.74 Å². The first-order chi connectivity index (χ1) is 11.2. The Kier molecular flexibility index (Phi) is 4.57. The fraction of sp³-hybridized carbons (Fsp3) is 0.312. The molecule has 7 heteroatoms. The number of methoxy groups -OCH3 is 1. The third kappa shape index (κ3) is 3.68. The Labute approximate surface area is 138 Å². The summed E-state index contributed by atoms with van der Waals surface area (Å²) in [5.41, 5.74) is 1.91. The number of aromatic nitrogens is 1. The van der Waals surface area contributed by atoms with Crippen LogP contribution in [0.2, 0.25) is 0 Å². The largest absolute Gasteiger partial charge is 0.453 e. The van der Waals surface area contributed by atoms with Gasteiger partial charge in [0.25, 0.3) is 0 Å². The molecule has 6 nitrogen and oxygen atoms in total. The molecule has 1 aromatic carbocycles. The van der Waals surface area contributed by atoms with Crippen LogP contribution in [0.3, 0.4) is 0 Å². The Bertz CT molecular complexity index is 715. The highest BCUT2D eigenvalue weighted by Gasteiger charge is 2.24. The third-order valence-corrected chi connectivity index (χ3v) is 4.62. The molecule has 2 amide bonds. The number of carbonyl (C=O) groups excluding carboxylic acids is 2. The predicted molar refractivity (Wildman–Crippen MR) is 87.4 cm³/mol.